The van der Waals surface area contributed by atoms with Gasteiger partial charge in [0.2, 0.25) is 9.84 Å². The average Bonchev–Trinajstić information content (AvgIpc) is 3.62. The number of likely N-dealkylation sites (tertiary alicyclic amines) is 1. The van der Waals surface area contributed by atoms with Crippen molar-refractivity contribution in [3.05, 3.63) is 67.3 Å². The van der Waals surface area contributed by atoms with Crippen molar-refractivity contribution >= 4 is 33.4 Å². The van der Waals surface area contributed by atoms with E-state index in [2.05, 4.69) is 64.4 Å². The lowest BCUT2D eigenvalue weighted by Crippen LogP contribution is -2.39. The number of hydrogen-bond acceptors (Lipinski definition) is 11. The van der Waals surface area contributed by atoms with Crippen molar-refractivity contribution in [3.8, 4) is 17.7 Å². The summed E-state index contributed by atoms with van der Waals surface area (Å²) in [7, 11) is -3.98. The largest absolute Gasteiger partial charge is 0.465 e. The van der Waals surface area contributed by atoms with Gasteiger partial charge in [-0.1, -0.05) is 67.3 Å². The summed E-state index contributed by atoms with van der Waals surface area (Å²) >= 11 is 6.18. The van der Waals surface area contributed by atoms with Crippen LogP contribution in [-0.2, 0) is 28.9 Å². The molecule has 1 aromatic heterocycles. The van der Waals surface area contributed by atoms with Crippen LogP contribution in [0.15, 0.2) is 81.8 Å². The van der Waals surface area contributed by atoms with Crippen molar-refractivity contribution in [2.75, 3.05) is 45.3 Å². The summed E-state index contributed by atoms with van der Waals surface area (Å²) in [5.41, 5.74) is 2.38. The van der Waals surface area contributed by atoms with E-state index in [9.17, 15) is 18.0 Å². The fourth-order valence-electron chi connectivity index (χ4n) is 6.59. The highest BCUT2D eigenvalue weighted by atomic mass is 35.5. The second-order valence-electron chi connectivity index (χ2n) is 13.4. The minimum Gasteiger partial charge on any atom is -0.465 e. The molecule has 2 aliphatic rings. The van der Waals surface area contributed by atoms with Crippen LogP contribution in [0.5, 0.6) is 5.88 Å². The molecule has 0 N–H and O–H groups in total. The molecule has 4 rings (SSSR count). The zero-order valence-electron chi connectivity index (χ0n) is 29.3. The van der Waals surface area contributed by atoms with Crippen LogP contribution in [-0.4, -0.2) is 80.9 Å². The van der Waals surface area contributed by atoms with Crippen molar-refractivity contribution in [2.45, 2.75) is 68.2 Å². The number of carbonyl (C=O) groups is 2. The summed E-state index contributed by atoms with van der Waals surface area (Å²) in [6, 6.07) is 7.69. The Bertz CT molecular complexity index is 1690. The van der Waals surface area contributed by atoms with E-state index in [1.54, 1.807) is 18.2 Å². The lowest BCUT2D eigenvalue weighted by Gasteiger charge is -2.45. The Morgan fingerprint density at radius 1 is 1.04 bits per heavy atom. The van der Waals surface area contributed by atoms with Gasteiger partial charge in [0.25, 0.3) is 10.9 Å². The Kier molecular flexibility index (Phi) is 14.9. The van der Waals surface area contributed by atoms with E-state index in [0.29, 0.717) is 36.7 Å². The van der Waals surface area contributed by atoms with E-state index in [4.69, 9.17) is 25.8 Å². The maximum absolute atomic E-state index is 12.7. The van der Waals surface area contributed by atoms with Crippen LogP contribution in [0.3, 0.4) is 0 Å². The molecule has 3 atom stereocenters. The third-order valence-electron chi connectivity index (χ3n) is 9.88. The van der Waals surface area contributed by atoms with Crippen LogP contribution >= 0.6 is 11.6 Å². The van der Waals surface area contributed by atoms with Crippen LogP contribution < -0.4 is 4.74 Å². The second-order valence-corrected chi connectivity index (χ2v) is 15.6. The number of esters is 2. The van der Waals surface area contributed by atoms with E-state index in [-0.39, 0.29) is 48.2 Å². The van der Waals surface area contributed by atoms with Crippen LogP contribution in [0, 0.1) is 35.0 Å². The van der Waals surface area contributed by atoms with Crippen LogP contribution in [0.1, 0.15) is 58.3 Å². The summed E-state index contributed by atoms with van der Waals surface area (Å²) in [5, 5.41) is 6.49. The number of aromatic nitrogens is 2. The maximum atomic E-state index is 12.7. The summed E-state index contributed by atoms with van der Waals surface area (Å²) < 4.78 is 45.9. The Hall–Kier alpha value is -3.92. The molecule has 11 nitrogen and oxygen atoms in total. The fraction of sp³-hybridized carbons (Fsp3) is 0.526. The molecule has 51 heavy (non-hydrogen) atoms. The number of carbonyl (C=O) groups excluding carboxylic acids is 2. The molecule has 0 spiro atoms. The number of alkyl halides is 1. The zero-order chi connectivity index (χ0) is 36.9. The van der Waals surface area contributed by atoms with E-state index in [1.165, 1.54) is 17.7 Å². The van der Waals surface area contributed by atoms with E-state index in [0.717, 1.165) is 57.3 Å². The number of hydrogen-bond donors (Lipinski definition) is 0. The number of benzene rings is 1. The first kappa shape index (κ1) is 39.9. The summed E-state index contributed by atoms with van der Waals surface area (Å²) in [6.45, 7) is 17.8. The summed E-state index contributed by atoms with van der Waals surface area (Å²) in [4.78, 5) is 26.8. The first-order chi connectivity index (χ1) is 24.5. The zero-order valence-corrected chi connectivity index (χ0v) is 30.9. The van der Waals surface area contributed by atoms with Gasteiger partial charge in [-0.3, -0.25) is 14.5 Å². The normalized spacial score (nSPS) is 21.1. The van der Waals surface area contributed by atoms with Gasteiger partial charge < -0.3 is 14.2 Å². The number of ether oxygens (including phenoxy) is 3. The first-order valence-electron chi connectivity index (χ1n) is 17.3. The highest BCUT2D eigenvalue weighted by Gasteiger charge is 2.40. The van der Waals surface area contributed by atoms with Crippen LogP contribution in [0.25, 0.3) is 0 Å². The molecule has 0 bridgehead atoms. The smallest absolute Gasteiger partial charge is 0.306 e. The molecule has 2 heterocycles. The molecule has 1 saturated carbocycles. The molecular formula is C38H48ClN3O8S. The second kappa shape index (κ2) is 19.1. The number of allylic oxidation sites excluding steroid dienone is 2. The van der Waals surface area contributed by atoms with Gasteiger partial charge in [0.15, 0.2) is 13.2 Å². The third kappa shape index (κ3) is 11.3. The predicted octanol–water partition coefficient (Wildman–Crippen LogP) is 6.21. The fourth-order valence-corrected chi connectivity index (χ4v) is 7.97. The number of nitrogens with zero attached hydrogens (tertiary/aromatic N) is 3. The molecule has 0 unspecified atom stereocenters. The van der Waals surface area contributed by atoms with Crippen LogP contribution in [0.4, 0.5) is 0 Å². The van der Waals surface area contributed by atoms with Crippen molar-refractivity contribution in [2.24, 2.45) is 23.2 Å². The quantitative estimate of drug-likeness (QED) is 0.0792. The lowest BCUT2D eigenvalue weighted by molar-refractivity contribution is -0.146. The van der Waals surface area contributed by atoms with Gasteiger partial charge >= 0.3 is 11.9 Å². The van der Waals surface area contributed by atoms with Gasteiger partial charge in [-0.15, -0.1) is 18.2 Å². The SMILES string of the molecule is C=C[C@]1(C)CC[C@@H](C(=C)CN2CCC(COC(=O)CCCC(=O)OCC#CCOc3nonc3S(=O)(=O)c3ccccc3)CC2)C[C@H]1C(=C)CCl. The van der Waals surface area contributed by atoms with Gasteiger partial charge in [-0.2, -0.15) is 0 Å². The minimum absolute atomic E-state index is 0.0166. The number of sulfone groups is 1. The van der Waals surface area contributed by atoms with E-state index in [1.807, 2.05) is 0 Å². The third-order valence-corrected chi connectivity index (χ3v) is 11.9. The predicted molar refractivity (Wildman–Crippen MR) is 193 cm³/mol. The summed E-state index contributed by atoms with van der Waals surface area (Å²) in [6.07, 6.45) is 7.62. The molecule has 1 aliphatic carbocycles. The molecule has 0 radical (unpaired) electrons. The van der Waals surface area contributed by atoms with Gasteiger partial charge in [-0.05, 0) is 97.2 Å². The number of rotatable bonds is 17. The highest BCUT2D eigenvalue weighted by Crippen LogP contribution is 2.49. The average molecular weight is 742 g/mol. The molecule has 1 aliphatic heterocycles. The Morgan fingerprint density at radius 2 is 1.73 bits per heavy atom. The Labute approximate surface area is 306 Å². The summed E-state index contributed by atoms with van der Waals surface area (Å²) in [5.74, 6) is 5.62. The van der Waals surface area contributed by atoms with Crippen molar-refractivity contribution in [3.63, 3.8) is 0 Å². The molecule has 2 fully saturated rings. The standard InChI is InChI=1S/C38H48ClN3O8S/c1-5-38(4)19-16-31(24-33(38)28(2)25-39)29(3)26-42-20-17-30(18-21-42)27-49-35(44)15-11-14-34(43)47-22-9-10-23-48-36-37(41-50-40-36)51(45,46)32-12-7-6-8-13-32/h5-8,12-13,30-31,33H,1-3,11,14-27H2,4H3/t31-,33+,38-/m1/s1. The van der Waals surface area contributed by atoms with Gasteiger partial charge in [-0.25, -0.2) is 13.0 Å². The Morgan fingerprint density at radius 3 is 2.41 bits per heavy atom. The molecular weight excluding hydrogens is 694 g/mol. The molecule has 1 saturated heterocycles. The maximum Gasteiger partial charge on any atom is 0.306 e. The topological polar surface area (TPSA) is 138 Å². The molecule has 276 valence electrons. The van der Waals surface area contributed by atoms with Gasteiger partial charge in [0.1, 0.15) is 0 Å². The molecule has 2 aromatic rings. The van der Waals surface area contributed by atoms with Crippen molar-refractivity contribution in [1.29, 1.82) is 0 Å². The highest BCUT2D eigenvalue weighted by molar-refractivity contribution is 7.91. The molecule has 13 heteroatoms. The number of halogens is 1. The monoisotopic (exact) mass is 741 g/mol. The van der Waals surface area contributed by atoms with E-state index >= 15 is 0 Å². The van der Waals surface area contributed by atoms with Crippen molar-refractivity contribution < 1.29 is 36.8 Å². The molecule has 0 amide bonds. The minimum atomic E-state index is -3.98. The van der Waals surface area contributed by atoms with Gasteiger partial charge in [0, 0.05) is 25.3 Å². The van der Waals surface area contributed by atoms with Crippen LogP contribution in [0.2, 0.25) is 0 Å². The van der Waals surface area contributed by atoms with Gasteiger partial charge in [0.05, 0.1) is 11.5 Å². The van der Waals surface area contributed by atoms with E-state index < -0.39 is 20.8 Å². The first-order valence-corrected chi connectivity index (χ1v) is 19.3. The number of piperidine rings is 1. The Balaban J connectivity index is 1.05. The van der Waals surface area contributed by atoms with Crippen molar-refractivity contribution in [1.82, 2.24) is 15.2 Å². The molecule has 1 aromatic carbocycles. The lowest BCUT2D eigenvalue weighted by atomic mass is 9.61.